The van der Waals surface area contributed by atoms with Gasteiger partial charge in [-0.3, -0.25) is 10.1 Å². The lowest BCUT2D eigenvalue weighted by Crippen LogP contribution is -2.00. The summed E-state index contributed by atoms with van der Waals surface area (Å²) in [5.74, 6) is -1.36. The maximum absolute atomic E-state index is 13.4. The first-order chi connectivity index (χ1) is 8.97. The maximum atomic E-state index is 13.4. The van der Waals surface area contributed by atoms with Crippen LogP contribution in [0, 0.1) is 15.9 Å². The number of benzene rings is 1. The van der Waals surface area contributed by atoms with Crippen molar-refractivity contribution in [2.45, 2.75) is 0 Å². The fourth-order valence-electron chi connectivity index (χ4n) is 1.22. The molecule has 0 aliphatic heterocycles. The zero-order chi connectivity index (χ0) is 14.0. The van der Waals surface area contributed by atoms with E-state index in [9.17, 15) is 14.5 Å². The second-order valence-corrected chi connectivity index (χ2v) is 4.21. The number of non-ortho nitro benzene ring substituents is 1. The summed E-state index contributed by atoms with van der Waals surface area (Å²) in [6.45, 7) is 0. The molecular formula is C10H6BrFN4O3. The van der Waals surface area contributed by atoms with Gasteiger partial charge in [0.2, 0.25) is 11.8 Å². The van der Waals surface area contributed by atoms with Crippen molar-refractivity contribution < 1.29 is 14.1 Å². The first kappa shape index (κ1) is 13.1. The second-order valence-electron chi connectivity index (χ2n) is 3.36. The van der Waals surface area contributed by atoms with Crippen molar-refractivity contribution in [1.82, 2.24) is 9.97 Å². The minimum Gasteiger partial charge on any atom is -0.435 e. The van der Waals surface area contributed by atoms with Gasteiger partial charge in [0.05, 0.1) is 21.7 Å². The van der Waals surface area contributed by atoms with Gasteiger partial charge in [-0.15, -0.1) is 0 Å². The summed E-state index contributed by atoms with van der Waals surface area (Å²) < 4.78 is 19.0. The molecule has 0 amide bonds. The molecule has 0 radical (unpaired) electrons. The van der Waals surface area contributed by atoms with Crippen LogP contribution in [0.15, 0.2) is 28.9 Å². The Morgan fingerprint density at radius 3 is 2.89 bits per heavy atom. The van der Waals surface area contributed by atoms with Gasteiger partial charge in [0, 0.05) is 6.07 Å². The van der Waals surface area contributed by atoms with E-state index in [1.807, 2.05) is 0 Å². The second kappa shape index (κ2) is 5.14. The quantitative estimate of drug-likeness (QED) is 0.686. The number of aromatic nitrogens is 2. The van der Waals surface area contributed by atoms with Gasteiger partial charge in [-0.05, 0) is 22.0 Å². The van der Waals surface area contributed by atoms with Crippen LogP contribution in [0.5, 0.6) is 11.6 Å². The number of nitro benzene ring substituents is 1. The SMILES string of the molecule is Nc1ncc(F)c(Oc2cc([N+](=O)[O-])ccc2Br)n1. The summed E-state index contributed by atoms with van der Waals surface area (Å²) in [6, 6.07) is 3.83. The Hall–Kier alpha value is -2.29. The smallest absolute Gasteiger partial charge is 0.273 e. The first-order valence-corrected chi connectivity index (χ1v) is 5.66. The molecule has 1 aromatic heterocycles. The molecule has 9 heteroatoms. The Morgan fingerprint density at radius 2 is 2.21 bits per heavy atom. The third-order valence-corrected chi connectivity index (χ3v) is 2.72. The highest BCUT2D eigenvalue weighted by Gasteiger charge is 2.14. The molecule has 1 heterocycles. The van der Waals surface area contributed by atoms with Gasteiger partial charge < -0.3 is 10.5 Å². The molecule has 19 heavy (non-hydrogen) atoms. The fraction of sp³-hybridized carbons (Fsp3) is 0. The van der Waals surface area contributed by atoms with E-state index >= 15 is 0 Å². The lowest BCUT2D eigenvalue weighted by atomic mass is 10.3. The van der Waals surface area contributed by atoms with Crippen LogP contribution in [-0.4, -0.2) is 14.9 Å². The lowest BCUT2D eigenvalue weighted by molar-refractivity contribution is -0.384. The number of ether oxygens (including phenoxy) is 1. The molecule has 7 nitrogen and oxygen atoms in total. The summed E-state index contributed by atoms with van der Waals surface area (Å²) in [7, 11) is 0. The Bertz CT molecular complexity index is 653. The number of nitro groups is 1. The van der Waals surface area contributed by atoms with Gasteiger partial charge in [-0.25, -0.2) is 4.98 Å². The van der Waals surface area contributed by atoms with Crippen LogP contribution in [0.25, 0.3) is 0 Å². The van der Waals surface area contributed by atoms with Gasteiger partial charge in [0.25, 0.3) is 11.6 Å². The largest absolute Gasteiger partial charge is 0.435 e. The maximum Gasteiger partial charge on any atom is 0.273 e. The number of halogens is 2. The molecule has 2 rings (SSSR count). The number of hydrogen-bond acceptors (Lipinski definition) is 6. The van der Waals surface area contributed by atoms with E-state index in [1.54, 1.807) is 0 Å². The van der Waals surface area contributed by atoms with Crippen LogP contribution in [0.3, 0.4) is 0 Å². The summed E-state index contributed by atoms with van der Waals surface area (Å²) in [4.78, 5) is 17.1. The van der Waals surface area contributed by atoms with Crippen molar-refractivity contribution >= 4 is 27.6 Å². The number of rotatable bonds is 3. The Kier molecular flexibility index (Phi) is 3.56. The molecule has 0 unspecified atom stereocenters. The standard InChI is InChI=1S/C10H6BrFN4O3/c11-6-2-1-5(16(17)18)3-8(6)19-9-7(12)4-14-10(13)15-9/h1-4H,(H2,13,14,15). The van der Waals surface area contributed by atoms with E-state index in [0.717, 1.165) is 12.3 Å². The van der Waals surface area contributed by atoms with Gasteiger partial charge in [0.1, 0.15) is 0 Å². The van der Waals surface area contributed by atoms with Crippen LogP contribution >= 0.6 is 15.9 Å². The zero-order valence-electron chi connectivity index (χ0n) is 9.21. The molecule has 0 bridgehead atoms. The molecule has 1 aromatic carbocycles. The van der Waals surface area contributed by atoms with Crippen LogP contribution in [0.4, 0.5) is 16.0 Å². The normalized spacial score (nSPS) is 10.2. The summed E-state index contributed by atoms with van der Waals surface area (Å²) in [5.41, 5.74) is 5.11. The van der Waals surface area contributed by atoms with Crippen molar-refractivity contribution in [2.24, 2.45) is 0 Å². The number of hydrogen-bond donors (Lipinski definition) is 1. The van der Waals surface area contributed by atoms with E-state index in [-0.39, 0.29) is 17.4 Å². The minimum atomic E-state index is -0.826. The molecule has 2 aromatic rings. The monoisotopic (exact) mass is 328 g/mol. The van der Waals surface area contributed by atoms with Crippen LogP contribution in [-0.2, 0) is 0 Å². The highest BCUT2D eigenvalue weighted by molar-refractivity contribution is 9.10. The first-order valence-electron chi connectivity index (χ1n) is 4.87. The van der Waals surface area contributed by atoms with E-state index in [0.29, 0.717) is 4.47 Å². The third-order valence-electron chi connectivity index (χ3n) is 2.06. The summed E-state index contributed by atoms with van der Waals surface area (Å²) in [6.07, 6.45) is 0.850. The molecule has 0 aliphatic rings. The van der Waals surface area contributed by atoms with E-state index < -0.39 is 16.6 Å². The topological polar surface area (TPSA) is 104 Å². The van der Waals surface area contributed by atoms with Crippen LogP contribution in [0.2, 0.25) is 0 Å². The van der Waals surface area contributed by atoms with E-state index in [4.69, 9.17) is 10.5 Å². The predicted molar refractivity (Wildman–Crippen MR) is 67.3 cm³/mol. The van der Waals surface area contributed by atoms with E-state index in [1.165, 1.54) is 12.1 Å². The molecule has 0 saturated carbocycles. The van der Waals surface area contributed by atoms with Crippen molar-refractivity contribution in [3.05, 3.63) is 44.8 Å². The van der Waals surface area contributed by atoms with Crippen molar-refractivity contribution in [1.29, 1.82) is 0 Å². The number of nitrogens with two attached hydrogens (primary N) is 1. The molecule has 2 N–H and O–H groups in total. The fourth-order valence-corrected chi connectivity index (χ4v) is 1.55. The van der Waals surface area contributed by atoms with Crippen molar-refractivity contribution in [3.63, 3.8) is 0 Å². The molecule has 0 atom stereocenters. The van der Waals surface area contributed by atoms with Crippen molar-refractivity contribution in [3.8, 4) is 11.6 Å². The van der Waals surface area contributed by atoms with Gasteiger partial charge >= 0.3 is 0 Å². The number of nitrogen functional groups attached to an aromatic ring is 1. The van der Waals surface area contributed by atoms with Gasteiger partial charge in [-0.1, -0.05) is 0 Å². The summed E-state index contributed by atoms with van der Waals surface area (Å²) >= 11 is 3.14. The predicted octanol–water partition coefficient (Wildman–Crippen LogP) is 2.66. The molecule has 98 valence electrons. The van der Waals surface area contributed by atoms with Crippen LogP contribution < -0.4 is 10.5 Å². The van der Waals surface area contributed by atoms with Gasteiger partial charge in [0.15, 0.2) is 5.75 Å². The van der Waals surface area contributed by atoms with Crippen LogP contribution in [0.1, 0.15) is 0 Å². The summed E-state index contributed by atoms with van der Waals surface area (Å²) in [5, 5.41) is 10.7. The molecule has 0 aliphatic carbocycles. The number of anilines is 1. The molecule has 0 spiro atoms. The number of nitrogens with zero attached hydrogens (tertiary/aromatic N) is 3. The zero-order valence-corrected chi connectivity index (χ0v) is 10.8. The molecule has 0 saturated heterocycles. The highest BCUT2D eigenvalue weighted by atomic mass is 79.9. The Balaban J connectivity index is 2.40. The molecule has 0 fully saturated rings. The third kappa shape index (κ3) is 2.94. The van der Waals surface area contributed by atoms with Gasteiger partial charge in [-0.2, -0.15) is 9.37 Å². The Labute approximate surface area is 114 Å². The van der Waals surface area contributed by atoms with Crippen molar-refractivity contribution in [2.75, 3.05) is 5.73 Å². The molecular weight excluding hydrogens is 323 g/mol. The minimum absolute atomic E-state index is 0.0474. The lowest BCUT2D eigenvalue weighted by Gasteiger charge is -2.07. The van der Waals surface area contributed by atoms with E-state index in [2.05, 4.69) is 25.9 Å². The highest BCUT2D eigenvalue weighted by Crippen LogP contribution is 2.33. The average Bonchev–Trinajstić information content (AvgIpc) is 2.36. The average molecular weight is 329 g/mol. The Morgan fingerprint density at radius 1 is 1.47 bits per heavy atom.